The lowest BCUT2D eigenvalue weighted by Crippen LogP contribution is -1.87. The summed E-state index contributed by atoms with van der Waals surface area (Å²) in [7, 11) is 0. The number of aromatic amines is 1. The van der Waals surface area contributed by atoms with Gasteiger partial charge in [0, 0.05) is 27.0 Å². The molecule has 0 unspecified atom stereocenters. The number of hydrogen-bond donors (Lipinski definition) is 1. The zero-order valence-electron chi connectivity index (χ0n) is 7.47. The van der Waals surface area contributed by atoms with Gasteiger partial charge >= 0.3 is 0 Å². The molecule has 0 aliphatic carbocycles. The molecule has 0 spiro atoms. The smallest absolute Gasteiger partial charge is 0.157 e. The number of nitrogens with one attached hydrogen (secondary N) is 1. The summed E-state index contributed by atoms with van der Waals surface area (Å²) in [6.45, 7) is 0. The molecule has 15 heavy (non-hydrogen) atoms. The molecular formula is C9H6Br2ClN3. The predicted octanol–water partition coefficient (Wildman–Crippen LogP) is 3.74. The highest BCUT2D eigenvalue weighted by atomic mass is 79.9. The van der Waals surface area contributed by atoms with Crippen molar-refractivity contribution in [2.75, 3.05) is 0 Å². The molecule has 0 saturated heterocycles. The van der Waals surface area contributed by atoms with Crippen LogP contribution in [0.4, 0.5) is 0 Å². The number of rotatable bonds is 2. The Hall–Kier alpha value is -0.390. The highest BCUT2D eigenvalue weighted by Gasteiger charge is 2.08. The third kappa shape index (κ3) is 2.41. The van der Waals surface area contributed by atoms with Gasteiger partial charge < -0.3 is 4.98 Å². The largest absolute Gasteiger partial charge is 0.340 e. The Balaban J connectivity index is 2.44. The Bertz CT molecular complexity index is 484. The lowest BCUT2D eigenvalue weighted by atomic mass is 10.3. The van der Waals surface area contributed by atoms with E-state index in [2.05, 4.69) is 46.8 Å². The van der Waals surface area contributed by atoms with E-state index in [1.54, 1.807) is 12.4 Å². The SMILES string of the molecule is ClCc1cnc(-c2ncc(Br)cc2Br)[nH]1. The van der Waals surface area contributed by atoms with E-state index in [1.807, 2.05) is 6.07 Å². The maximum atomic E-state index is 5.68. The van der Waals surface area contributed by atoms with Crippen LogP contribution in [0, 0.1) is 0 Å². The molecule has 0 aliphatic rings. The Kier molecular flexibility index (Phi) is 3.43. The molecule has 2 aromatic rings. The molecule has 6 heteroatoms. The maximum absolute atomic E-state index is 5.68. The zero-order valence-corrected chi connectivity index (χ0v) is 11.4. The minimum atomic E-state index is 0.418. The highest BCUT2D eigenvalue weighted by Crippen LogP contribution is 2.26. The van der Waals surface area contributed by atoms with Gasteiger partial charge in [-0.05, 0) is 37.9 Å². The van der Waals surface area contributed by atoms with Gasteiger partial charge in [-0.25, -0.2) is 4.98 Å². The van der Waals surface area contributed by atoms with E-state index >= 15 is 0 Å². The van der Waals surface area contributed by atoms with Crippen molar-refractivity contribution in [3.8, 4) is 11.5 Å². The van der Waals surface area contributed by atoms with E-state index in [-0.39, 0.29) is 0 Å². The second kappa shape index (κ2) is 4.63. The summed E-state index contributed by atoms with van der Waals surface area (Å²) in [4.78, 5) is 11.6. The quantitative estimate of drug-likeness (QED) is 0.838. The van der Waals surface area contributed by atoms with E-state index in [1.165, 1.54) is 0 Å². The Morgan fingerprint density at radius 1 is 1.27 bits per heavy atom. The van der Waals surface area contributed by atoms with Crippen LogP contribution in [0.2, 0.25) is 0 Å². The van der Waals surface area contributed by atoms with E-state index < -0.39 is 0 Å². The topological polar surface area (TPSA) is 41.6 Å². The Morgan fingerprint density at radius 3 is 2.67 bits per heavy atom. The summed E-state index contributed by atoms with van der Waals surface area (Å²) < 4.78 is 1.80. The van der Waals surface area contributed by atoms with Crippen LogP contribution in [0.5, 0.6) is 0 Å². The first-order chi connectivity index (χ1) is 7.20. The molecule has 0 saturated carbocycles. The first-order valence-corrected chi connectivity index (χ1v) is 6.24. The molecule has 0 atom stereocenters. The number of hydrogen-bond acceptors (Lipinski definition) is 2. The Labute approximate surface area is 109 Å². The molecule has 2 aromatic heterocycles. The van der Waals surface area contributed by atoms with Gasteiger partial charge in [0.15, 0.2) is 5.82 Å². The third-order valence-electron chi connectivity index (χ3n) is 1.80. The van der Waals surface area contributed by atoms with E-state index in [0.29, 0.717) is 11.7 Å². The number of nitrogens with zero attached hydrogens (tertiary/aromatic N) is 2. The molecule has 2 rings (SSSR count). The molecule has 0 amide bonds. The number of imidazole rings is 1. The zero-order chi connectivity index (χ0) is 10.8. The van der Waals surface area contributed by atoms with E-state index in [0.717, 1.165) is 20.3 Å². The number of alkyl halides is 1. The van der Waals surface area contributed by atoms with Crippen LogP contribution < -0.4 is 0 Å². The summed E-state index contributed by atoms with van der Waals surface area (Å²) in [5, 5.41) is 0. The van der Waals surface area contributed by atoms with Crippen LogP contribution in [-0.4, -0.2) is 15.0 Å². The molecule has 78 valence electrons. The lowest BCUT2D eigenvalue weighted by molar-refractivity contribution is 1.18. The third-order valence-corrected chi connectivity index (χ3v) is 3.13. The van der Waals surface area contributed by atoms with Crippen LogP contribution in [0.1, 0.15) is 5.69 Å². The lowest BCUT2D eigenvalue weighted by Gasteiger charge is -2.00. The van der Waals surface area contributed by atoms with Crippen molar-refractivity contribution in [2.45, 2.75) is 5.88 Å². The number of H-pyrrole nitrogens is 1. The average molecular weight is 351 g/mol. The fourth-order valence-electron chi connectivity index (χ4n) is 1.14. The minimum absolute atomic E-state index is 0.418. The molecule has 0 radical (unpaired) electrons. The molecule has 1 N–H and O–H groups in total. The minimum Gasteiger partial charge on any atom is -0.340 e. The van der Waals surface area contributed by atoms with Crippen molar-refractivity contribution in [2.24, 2.45) is 0 Å². The molecule has 0 bridgehead atoms. The van der Waals surface area contributed by atoms with Gasteiger partial charge in [-0.1, -0.05) is 0 Å². The molecule has 3 nitrogen and oxygen atoms in total. The molecule has 0 fully saturated rings. The van der Waals surface area contributed by atoms with Crippen LogP contribution in [-0.2, 0) is 5.88 Å². The van der Waals surface area contributed by atoms with Crippen molar-refractivity contribution < 1.29 is 0 Å². The number of halogens is 3. The van der Waals surface area contributed by atoms with Crippen molar-refractivity contribution in [3.05, 3.63) is 33.1 Å². The summed E-state index contributed by atoms with van der Waals surface area (Å²) >= 11 is 12.5. The summed E-state index contributed by atoms with van der Waals surface area (Å²) in [6, 6.07) is 1.92. The normalized spacial score (nSPS) is 10.6. The standard InChI is InChI=1S/C9H6Br2ClN3/c10-5-1-7(11)8(13-3-5)9-14-4-6(2-12)15-9/h1,3-4H,2H2,(H,14,15). The summed E-state index contributed by atoms with van der Waals surface area (Å²) in [6.07, 6.45) is 3.43. The van der Waals surface area contributed by atoms with Gasteiger partial charge in [-0.3, -0.25) is 4.98 Å². The predicted molar refractivity (Wildman–Crippen MR) is 66.8 cm³/mol. The van der Waals surface area contributed by atoms with E-state index in [4.69, 9.17) is 11.6 Å². The van der Waals surface area contributed by atoms with Gasteiger partial charge in [0.05, 0.1) is 5.88 Å². The van der Waals surface area contributed by atoms with Crippen LogP contribution >= 0.6 is 43.5 Å². The molecule has 0 aliphatic heterocycles. The van der Waals surface area contributed by atoms with Crippen molar-refractivity contribution in [1.82, 2.24) is 15.0 Å². The van der Waals surface area contributed by atoms with Crippen LogP contribution in [0.15, 0.2) is 27.4 Å². The first kappa shape index (κ1) is 11.1. The maximum Gasteiger partial charge on any atom is 0.157 e. The number of aromatic nitrogens is 3. The van der Waals surface area contributed by atoms with Gasteiger partial charge in [0.2, 0.25) is 0 Å². The van der Waals surface area contributed by atoms with Gasteiger partial charge in [0.25, 0.3) is 0 Å². The van der Waals surface area contributed by atoms with Gasteiger partial charge in [-0.2, -0.15) is 0 Å². The molecule has 2 heterocycles. The highest BCUT2D eigenvalue weighted by molar-refractivity contribution is 9.11. The van der Waals surface area contributed by atoms with Gasteiger partial charge in [0.1, 0.15) is 5.69 Å². The first-order valence-electron chi connectivity index (χ1n) is 4.12. The fraction of sp³-hybridized carbons (Fsp3) is 0.111. The van der Waals surface area contributed by atoms with E-state index in [9.17, 15) is 0 Å². The Morgan fingerprint density at radius 2 is 2.07 bits per heavy atom. The van der Waals surface area contributed by atoms with Crippen LogP contribution in [0.25, 0.3) is 11.5 Å². The summed E-state index contributed by atoms with van der Waals surface area (Å²) in [5.74, 6) is 1.13. The van der Waals surface area contributed by atoms with Crippen molar-refractivity contribution in [1.29, 1.82) is 0 Å². The second-order valence-corrected chi connectivity index (χ2v) is 4.91. The average Bonchev–Trinajstić information content (AvgIpc) is 2.66. The van der Waals surface area contributed by atoms with Crippen LogP contribution in [0.3, 0.4) is 0 Å². The molecule has 0 aromatic carbocycles. The summed E-state index contributed by atoms with van der Waals surface area (Å²) in [5.41, 5.74) is 1.65. The monoisotopic (exact) mass is 349 g/mol. The fourth-order valence-corrected chi connectivity index (χ4v) is 2.45. The second-order valence-electron chi connectivity index (χ2n) is 2.87. The van der Waals surface area contributed by atoms with Gasteiger partial charge in [-0.15, -0.1) is 11.6 Å². The number of pyridine rings is 1. The molecular weight excluding hydrogens is 345 g/mol. The van der Waals surface area contributed by atoms with Crippen molar-refractivity contribution in [3.63, 3.8) is 0 Å². The van der Waals surface area contributed by atoms with Crippen molar-refractivity contribution >= 4 is 43.5 Å².